The molecule has 0 radical (unpaired) electrons. The SMILES string of the molecule is COc1cccc(CN(C(=O)CN(c2ccc(Oc3ccccc3)cc2)S(C)(=O)=O)[C@H](C)C(=O)NC(C)(C)C)c1. The van der Waals surface area contributed by atoms with E-state index in [9.17, 15) is 18.0 Å². The van der Waals surface area contributed by atoms with Crippen molar-refractivity contribution in [3.8, 4) is 17.2 Å². The molecule has 1 atom stereocenters. The number of sulfonamides is 1. The van der Waals surface area contributed by atoms with Crippen LogP contribution in [0.2, 0.25) is 0 Å². The van der Waals surface area contributed by atoms with Crippen LogP contribution in [-0.4, -0.2) is 56.6 Å². The Morgan fingerprint density at radius 2 is 1.50 bits per heavy atom. The Kier molecular flexibility index (Phi) is 9.81. The van der Waals surface area contributed by atoms with E-state index in [2.05, 4.69) is 5.32 Å². The first kappa shape index (κ1) is 30.5. The van der Waals surface area contributed by atoms with Gasteiger partial charge in [-0.05, 0) is 81.8 Å². The van der Waals surface area contributed by atoms with Crippen molar-refractivity contribution in [2.45, 2.75) is 45.8 Å². The lowest BCUT2D eigenvalue weighted by Gasteiger charge is -2.33. The number of hydrogen-bond acceptors (Lipinski definition) is 6. The molecule has 0 saturated carbocycles. The smallest absolute Gasteiger partial charge is 0.244 e. The summed E-state index contributed by atoms with van der Waals surface area (Å²) in [6.07, 6.45) is 1.04. The Bertz CT molecular complexity index is 1400. The van der Waals surface area contributed by atoms with Crippen LogP contribution in [0.4, 0.5) is 5.69 Å². The summed E-state index contributed by atoms with van der Waals surface area (Å²) in [5.41, 5.74) is 0.513. The Balaban J connectivity index is 1.88. The van der Waals surface area contributed by atoms with Gasteiger partial charge in [0.25, 0.3) is 0 Å². The summed E-state index contributed by atoms with van der Waals surface area (Å²) in [6, 6.07) is 21.9. The number of benzene rings is 3. The second-order valence-electron chi connectivity index (χ2n) is 10.5. The summed E-state index contributed by atoms with van der Waals surface area (Å²) in [6.45, 7) is 6.76. The fourth-order valence-electron chi connectivity index (χ4n) is 3.94. The minimum atomic E-state index is -3.85. The zero-order valence-electron chi connectivity index (χ0n) is 23.7. The molecular formula is C30H37N3O6S. The van der Waals surface area contributed by atoms with Crippen molar-refractivity contribution in [2.75, 3.05) is 24.2 Å². The highest BCUT2D eigenvalue weighted by Gasteiger charge is 2.31. The molecule has 3 aromatic rings. The van der Waals surface area contributed by atoms with Gasteiger partial charge in [0.05, 0.1) is 19.1 Å². The van der Waals surface area contributed by atoms with Crippen LogP contribution in [0.5, 0.6) is 17.2 Å². The highest BCUT2D eigenvalue weighted by Crippen LogP contribution is 2.26. The molecule has 0 aliphatic rings. The minimum Gasteiger partial charge on any atom is -0.497 e. The monoisotopic (exact) mass is 567 g/mol. The summed E-state index contributed by atoms with van der Waals surface area (Å²) in [5, 5.41) is 2.90. The number of para-hydroxylation sites is 1. The number of amides is 2. The second-order valence-corrected chi connectivity index (χ2v) is 12.4. The first-order valence-corrected chi connectivity index (χ1v) is 14.7. The molecule has 0 aliphatic carbocycles. The van der Waals surface area contributed by atoms with E-state index in [4.69, 9.17) is 9.47 Å². The summed E-state index contributed by atoms with van der Waals surface area (Å²) in [4.78, 5) is 28.2. The largest absolute Gasteiger partial charge is 0.497 e. The fourth-order valence-corrected chi connectivity index (χ4v) is 4.79. The summed E-state index contributed by atoms with van der Waals surface area (Å²) in [5.74, 6) is 0.877. The molecule has 0 aromatic heterocycles. The Morgan fingerprint density at radius 1 is 0.900 bits per heavy atom. The zero-order valence-corrected chi connectivity index (χ0v) is 24.6. The molecule has 9 nitrogen and oxygen atoms in total. The lowest BCUT2D eigenvalue weighted by Crippen LogP contribution is -2.54. The summed E-state index contributed by atoms with van der Waals surface area (Å²) in [7, 11) is -2.31. The molecule has 10 heteroatoms. The van der Waals surface area contributed by atoms with Gasteiger partial charge in [0, 0.05) is 12.1 Å². The van der Waals surface area contributed by atoms with Crippen molar-refractivity contribution in [2.24, 2.45) is 0 Å². The fraction of sp³-hybridized carbons (Fsp3) is 0.333. The van der Waals surface area contributed by atoms with Crippen LogP contribution in [-0.2, 0) is 26.2 Å². The molecule has 0 heterocycles. The predicted molar refractivity (Wildman–Crippen MR) is 156 cm³/mol. The molecule has 0 unspecified atom stereocenters. The minimum absolute atomic E-state index is 0.0796. The van der Waals surface area contributed by atoms with Gasteiger partial charge in [-0.3, -0.25) is 13.9 Å². The average molecular weight is 568 g/mol. The Morgan fingerprint density at radius 3 is 2.08 bits per heavy atom. The molecular weight excluding hydrogens is 530 g/mol. The van der Waals surface area contributed by atoms with E-state index in [-0.39, 0.29) is 12.5 Å². The van der Waals surface area contributed by atoms with E-state index in [1.807, 2.05) is 57.2 Å². The predicted octanol–water partition coefficient (Wildman–Crippen LogP) is 4.59. The van der Waals surface area contributed by atoms with Crippen molar-refractivity contribution in [3.63, 3.8) is 0 Å². The van der Waals surface area contributed by atoms with Crippen molar-refractivity contribution in [3.05, 3.63) is 84.4 Å². The molecule has 2 amide bonds. The van der Waals surface area contributed by atoms with Gasteiger partial charge >= 0.3 is 0 Å². The molecule has 40 heavy (non-hydrogen) atoms. The van der Waals surface area contributed by atoms with E-state index >= 15 is 0 Å². The van der Waals surface area contributed by atoms with Gasteiger partial charge in [-0.15, -0.1) is 0 Å². The quantitative estimate of drug-likeness (QED) is 0.364. The van der Waals surface area contributed by atoms with Crippen LogP contribution in [0.25, 0.3) is 0 Å². The lowest BCUT2D eigenvalue weighted by atomic mass is 10.1. The van der Waals surface area contributed by atoms with Gasteiger partial charge < -0.3 is 19.7 Å². The van der Waals surface area contributed by atoms with Gasteiger partial charge in [0.15, 0.2) is 0 Å². The van der Waals surface area contributed by atoms with E-state index in [0.29, 0.717) is 22.9 Å². The molecule has 0 spiro atoms. The number of nitrogens with one attached hydrogen (secondary N) is 1. The molecule has 0 bridgehead atoms. The normalized spacial score (nSPS) is 12.2. The van der Waals surface area contributed by atoms with Crippen LogP contribution in [0.15, 0.2) is 78.9 Å². The third-order valence-corrected chi connectivity index (χ3v) is 7.08. The number of rotatable bonds is 11. The maximum absolute atomic E-state index is 13.7. The number of nitrogens with zero attached hydrogens (tertiary/aromatic N) is 2. The van der Waals surface area contributed by atoms with Crippen molar-refractivity contribution in [1.29, 1.82) is 0 Å². The van der Waals surface area contributed by atoms with Gasteiger partial charge in [0.1, 0.15) is 29.8 Å². The van der Waals surface area contributed by atoms with E-state index in [0.717, 1.165) is 16.1 Å². The number of methoxy groups -OCH3 is 1. The van der Waals surface area contributed by atoms with Gasteiger partial charge in [0.2, 0.25) is 21.8 Å². The molecule has 0 fully saturated rings. The first-order chi connectivity index (χ1) is 18.8. The van der Waals surface area contributed by atoms with Crippen LogP contribution in [0.3, 0.4) is 0 Å². The lowest BCUT2D eigenvalue weighted by molar-refractivity contribution is -0.140. The third kappa shape index (κ3) is 8.74. The van der Waals surface area contributed by atoms with E-state index in [1.54, 1.807) is 56.5 Å². The van der Waals surface area contributed by atoms with Gasteiger partial charge in [-0.2, -0.15) is 0 Å². The maximum atomic E-state index is 13.7. The highest BCUT2D eigenvalue weighted by atomic mass is 32.2. The van der Waals surface area contributed by atoms with Crippen LogP contribution >= 0.6 is 0 Å². The number of anilines is 1. The Labute approximate surface area is 236 Å². The molecule has 0 aliphatic heterocycles. The van der Waals surface area contributed by atoms with Crippen LogP contribution in [0.1, 0.15) is 33.3 Å². The van der Waals surface area contributed by atoms with E-state index in [1.165, 1.54) is 4.90 Å². The average Bonchev–Trinajstić information content (AvgIpc) is 2.89. The van der Waals surface area contributed by atoms with E-state index < -0.39 is 34.1 Å². The molecule has 3 aromatic carbocycles. The molecule has 0 saturated heterocycles. The number of carbonyl (C=O) groups excluding carboxylic acids is 2. The Hall–Kier alpha value is -4.05. The van der Waals surface area contributed by atoms with Crippen molar-refractivity contribution >= 4 is 27.5 Å². The number of hydrogen-bond donors (Lipinski definition) is 1. The van der Waals surface area contributed by atoms with Crippen LogP contribution in [0, 0.1) is 0 Å². The second kappa shape index (κ2) is 12.9. The third-order valence-electron chi connectivity index (χ3n) is 5.94. The molecule has 3 rings (SSSR count). The van der Waals surface area contributed by atoms with Crippen molar-refractivity contribution < 1.29 is 27.5 Å². The number of carbonyl (C=O) groups is 2. The van der Waals surface area contributed by atoms with Gasteiger partial charge in [-0.1, -0.05) is 30.3 Å². The molecule has 214 valence electrons. The highest BCUT2D eigenvalue weighted by molar-refractivity contribution is 7.92. The standard InChI is InChI=1S/C30H37N3O6S/c1-22(29(35)31-30(2,3)4)32(20-23-11-10-14-27(19-23)38-5)28(34)21-33(40(6,36)37)24-15-17-26(18-16-24)39-25-12-8-7-9-13-25/h7-19,22H,20-21H2,1-6H3,(H,31,35)/t22-/m1/s1. The zero-order chi connectivity index (χ0) is 29.5. The van der Waals surface area contributed by atoms with Crippen LogP contribution < -0.4 is 19.1 Å². The molecule has 1 N–H and O–H groups in total. The first-order valence-electron chi connectivity index (χ1n) is 12.8. The maximum Gasteiger partial charge on any atom is 0.244 e. The topological polar surface area (TPSA) is 105 Å². The summed E-state index contributed by atoms with van der Waals surface area (Å²) >= 11 is 0. The number of ether oxygens (including phenoxy) is 2. The van der Waals surface area contributed by atoms with Gasteiger partial charge in [-0.25, -0.2) is 8.42 Å². The summed E-state index contributed by atoms with van der Waals surface area (Å²) < 4.78 is 37.8. The van der Waals surface area contributed by atoms with Crippen molar-refractivity contribution in [1.82, 2.24) is 10.2 Å².